The van der Waals surface area contributed by atoms with Gasteiger partial charge in [0.15, 0.2) is 0 Å². The zero-order valence-corrected chi connectivity index (χ0v) is 19.2. The molecule has 0 spiro atoms. The summed E-state index contributed by atoms with van der Waals surface area (Å²) in [5.74, 6) is -1.03. The van der Waals surface area contributed by atoms with Crippen LogP contribution in [0.1, 0.15) is 92.9 Å². The fraction of sp³-hybridized carbons (Fsp3) is 0.864. The van der Waals surface area contributed by atoms with Gasteiger partial charge in [-0.1, -0.05) is 73.1 Å². The van der Waals surface area contributed by atoms with Gasteiger partial charge in [0.05, 0.1) is 6.04 Å². The van der Waals surface area contributed by atoms with Crippen molar-refractivity contribution in [2.45, 2.75) is 99.0 Å². The van der Waals surface area contributed by atoms with Gasteiger partial charge in [-0.15, -0.1) is 0 Å². The Morgan fingerprint density at radius 2 is 1.52 bits per heavy atom. The molecule has 0 rings (SSSR count). The highest BCUT2D eigenvalue weighted by atomic mass is 16.5. The van der Waals surface area contributed by atoms with Crippen LogP contribution in [0.5, 0.6) is 0 Å². The summed E-state index contributed by atoms with van der Waals surface area (Å²) < 4.78 is 5.09. The third-order valence-electron chi connectivity index (χ3n) is 5.08. The molecule has 0 radical (unpaired) electrons. The number of carbonyl (C=O) groups excluding carboxylic acids is 3. The van der Waals surface area contributed by atoms with Crippen LogP contribution in [-0.2, 0) is 19.1 Å². The minimum absolute atomic E-state index is 0.0693. The van der Waals surface area contributed by atoms with Crippen LogP contribution in [-0.4, -0.2) is 35.6 Å². The quantitative estimate of drug-likeness (QED) is 0.173. The first-order valence-corrected chi connectivity index (χ1v) is 10.8. The Balaban J connectivity index is 4.71. The largest absolute Gasteiger partial charge is 0.464 e. The number of ether oxygens (including phenoxy) is 1. The van der Waals surface area contributed by atoms with Crippen LogP contribution < -0.4 is 10.8 Å². The molecule has 0 aromatic heterocycles. The van der Waals surface area contributed by atoms with Gasteiger partial charge in [-0.05, 0) is 17.8 Å². The second-order valence-electron chi connectivity index (χ2n) is 9.40. The number of hydrogen-bond acceptors (Lipinski definition) is 5. The molecule has 0 saturated carbocycles. The molecule has 170 valence electrons. The summed E-state index contributed by atoms with van der Waals surface area (Å²) in [6, 6.07) is -0.366. The van der Waals surface area contributed by atoms with E-state index in [2.05, 4.69) is 19.2 Å². The van der Waals surface area contributed by atoms with E-state index in [1.807, 2.05) is 20.8 Å². The number of nitrogens with one attached hydrogen (secondary N) is 2. The van der Waals surface area contributed by atoms with Crippen molar-refractivity contribution in [2.75, 3.05) is 6.61 Å². The molecule has 7 nitrogen and oxygen atoms in total. The van der Waals surface area contributed by atoms with E-state index >= 15 is 0 Å². The minimum atomic E-state index is -0.575. The highest BCUT2D eigenvalue weighted by Gasteiger charge is 2.30. The molecule has 29 heavy (non-hydrogen) atoms. The van der Waals surface area contributed by atoms with E-state index in [4.69, 9.17) is 9.94 Å². The van der Waals surface area contributed by atoms with Gasteiger partial charge < -0.3 is 10.1 Å². The number of esters is 1. The number of rotatable bonds is 14. The van der Waals surface area contributed by atoms with Gasteiger partial charge in [0.25, 0.3) is 0 Å². The van der Waals surface area contributed by atoms with Crippen LogP contribution in [0, 0.1) is 17.3 Å². The molecular formula is C22H42N2O5. The number of carbonyl (C=O) groups is 3. The lowest BCUT2D eigenvalue weighted by molar-refractivity contribution is -0.144. The molecule has 0 aliphatic heterocycles. The van der Waals surface area contributed by atoms with Gasteiger partial charge in [-0.2, -0.15) is 0 Å². The van der Waals surface area contributed by atoms with Crippen molar-refractivity contribution < 1.29 is 24.3 Å². The van der Waals surface area contributed by atoms with Crippen molar-refractivity contribution in [3.05, 3.63) is 0 Å². The highest BCUT2D eigenvalue weighted by molar-refractivity contribution is 5.85. The lowest BCUT2D eigenvalue weighted by atomic mass is 9.86. The third kappa shape index (κ3) is 14.1. The maximum Gasteiger partial charge on any atom is 0.302 e. The number of unbranched alkanes of at least 4 members (excludes halogenated alkanes) is 4. The van der Waals surface area contributed by atoms with Crippen LogP contribution in [0.3, 0.4) is 0 Å². The SMILES string of the molecule is CC(=O)OC[C@@H](NC(=O)[C@H](CCCCCCCC(C)C)CC(=O)NO)C(C)(C)C. The summed E-state index contributed by atoms with van der Waals surface area (Å²) in [5.41, 5.74) is 1.30. The Bertz CT molecular complexity index is 500. The Labute approximate surface area is 176 Å². The van der Waals surface area contributed by atoms with Gasteiger partial charge in [-0.3, -0.25) is 19.6 Å². The molecule has 0 aliphatic rings. The molecule has 0 bridgehead atoms. The number of hydrogen-bond donors (Lipinski definition) is 3. The predicted molar refractivity (Wildman–Crippen MR) is 113 cm³/mol. The van der Waals surface area contributed by atoms with Crippen molar-refractivity contribution in [1.29, 1.82) is 0 Å². The molecular weight excluding hydrogens is 372 g/mol. The Morgan fingerprint density at radius 3 is 2.00 bits per heavy atom. The molecule has 0 unspecified atom stereocenters. The summed E-state index contributed by atoms with van der Waals surface area (Å²) in [6.07, 6.45) is 7.12. The molecule has 2 atom stereocenters. The van der Waals surface area contributed by atoms with Gasteiger partial charge in [0.1, 0.15) is 6.61 Å². The smallest absolute Gasteiger partial charge is 0.302 e. The molecule has 2 amide bonds. The molecule has 0 aromatic carbocycles. The molecule has 0 heterocycles. The van der Waals surface area contributed by atoms with E-state index in [0.717, 1.165) is 25.2 Å². The normalized spacial score (nSPS) is 13.7. The zero-order chi connectivity index (χ0) is 22.4. The van der Waals surface area contributed by atoms with E-state index in [1.165, 1.54) is 26.2 Å². The van der Waals surface area contributed by atoms with Crippen molar-refractivity contribution in [3.8, 4) is 0 Å². The van der Waals surface area contributed by atoms with E-state index in [9.17, 15) is 14.4 Å². The van der Waals surface area contributed by atoms with Crippen molar-refractivity contribution in [1.82, 2.24) is 10.8 Å². The van der Waals surface area contributed by atoms with Crippen molar-refractivity contribution in [3.63, 3.8) is 0 Å². The summed E-state index contributed by atoms with van der Waals surface area (Å²) >= 11 is 0. The lowest BCUT2D eigenvalue weighted by Crippen LogP contribution is -2.49. The summed E-state index contributed by atoms with van der Waals surface area (Å²) in [4.78, 5) is 35.6. The van der Waals surface area contributed by atoms with Crippen LogP contribution in [0.15, 0.2) is 0 Å². The van der Waals surface area contributed by atoms with Crippen molar-refractivity contribution >= 4 is 17.8 Å². The minimum Gasteiger partial charge on any atom is -0.464 e. The summed E-state index contributed by atoms with van der Waals surface area (Å²) in [6.45, 7) is 11.7. The lowest BCUT2D eigenvalue weighted by Gasteiger charge is -2.32. The number of amides is 2. The maximum atomic E-state index is 12.8. The third-order valence-corrected chi connectivity index (χ3v) is 5.08. The second kappa shape index (κ2) is 14.4. The van der Waals surface area contributed by atoms with E-state index < -0.39 is 17.8 Å². The Kier molecular flexibility index (Phi) is 13.6. The van der Waals surface area contributed by atoms with Crippen LogP contribution in [0.25, 0.3) is 0 Å². The summed E-state index contributed by atoms with van der Waals surface area (Å²) in [7, 11) is 0. The average Bonchev–Trinajstić information content (AvgIpc) is 2.61. The Hall–Kier alpha value is -1.63. The maximum absolute atomic E-state index is 12.8. The molecule has 0 aromatic rings. The van der Waals surface area contributed by atoms with Gasteiger partial charge in [-0.25, -0.2) is 5.48 Å². The fourth-order valence-electron chi connectivity index (χ4n) is 3.07. The second-order valence-corrected chi connectivity index (χ2v) is 9.40. The first kappa shape index (κ1) is 27.4. The number of hydroxylamine groups is 1. The van der Waals surface area contributed by atoms with E-state index in [-0.39, 0.29) is 30.4 Å². The molecule has 0 fully saturated rings. The van der Waals surface area contributed by atoms with E-state index in [1.54, 1.807) is 5.48 Å². The van der Waals surface area contributed by atoms with Crippen LogP contribution >= 0.6 is 0 Å². The standard InChI is InChI=1S/C22H42N2O5/c1-16(2)12-10-8-7-9-11-13-18(14-20(26)24-28)21(27)23-19(22(4,5)6)15-29-17(3)25/h16,18-19,28H,7-15H2,1-6H3,(H,23,27)(H,24,26)/t18-,19-/m1/s1. The highest BCUT2D eigenvalue weighted by Crippen LogP contribution is 2.22. The molecule has 0 saturated heterocycles. The average molecular weight is 415 g/mol. The van der Waals surface area contributed by atoms with E-state index in [0.29, 0.717) is 6.42 Å². The first-order valence-electron chi connectivity index (χ1n) is 10.8. The zero-order valence-electron chi connectivity index (χ0n) is 19.2. The monoisotopic (exact) mass is 414 g/mol. The van der Waals surface area contributed by atoms with Crippen molar-refractivity contribution in [2.24, 2.45) is 17.3 Å². The topological polar surface area (TPSA) is 105 Å². The van der Waals surface area contributed by atoms with Gasteiger partial charge >= 0.3 is 5.97 Å². The van der Waals surface area contributed by atoms with Crippen LogP contribution in [0.4, 0.5) is 0 Å². The fourth-order valence-corrected chi connectivity index (χ4v) is 3.07. The first-order chi connectivity index (χ1) is 13.5. The summed E-state index contributed by atoms with van der Waals surface area (Å²) in [5, 5.41) is 11.8. The van der Waals surface area contributed by atoms with Gasteiger partial charge in [0.2, 0.25) is 11.8 Å². The van der Waals surface area contributed by atoms with Gasteiger partial charge in [0, 0.05) is 19.3 Å². The predicted octanol–water partition coefficient (Wildman–Crippen LogP) is 3.98. The Morgan fingerprint density at radius 1 is 0.966 bits per heavy atom. The van der Waals surface area contributed by atoms with Crippen LogP contribution in [0.2, 0.25) is 0 Å². The molecule has 3 N–H and O–H groups in total. The molecule has 7 heteroatoms. The molecule has 0 aliphatic carbocycles.